The van der Waals surface area contributed by atoms with Crippen molar-refractivity contribution in [3.63, 3.8) is 0 Å². The van der Waals surface area contributed by atoms with E-state index in [4.69, 9.17) is 0 Å². The molecule has 0 amide bonds. The molecule has 1 aliphatic carbocycles. The van der Waals surface area contributed by atoms with Gasteiger partial charge in [0.25, 0.3) is 0 Å². The molecule has 4 atom stereocenters. The summed E-state index contributed by atoms with van der Waals surface area (Å²) in [6.45, 7) is 4.67. The van der Waals surface area contributed by atoms with Gasteiger partial charge < -0.3 is 0 Å². The number of rotatable bonds is 2. The molecule has 0 aliphatic heterocycles. The van der Waals surface area contributed by atoms with Crippen molar-refractivity contribution in [1.82, 2.24) is 0 Å². The van der Waals surface area contributed by atoms with Crippen molar-refractivity contribution in [1.29, 1.82) is 0 Å². The molecule has 0 aromatic heterocycles. The maximum atomic E-state index is 4.68. The largest absolute Gasteiger partial charge is 0.179 e. The van der Waals surface area contributed by atoms with Crippen molar-refractivity contribution in [3.05, 3.63) is 0 Å². The first-order chi connectivity index (χ1) is 5.66. The zero-order valence-corrected chi connectivity index (χ0v) is 9.82. The first-order valence-electron chi connectivity index (χ1n) is 4.95. The molecular formula is C10H20S2. The summed E-state index contributed by atoms with van der Waals surface area (Å²) in [6.07, 6.45) is 4.02. The number of thiol groups is 2. The molecule has 4 unspecified atom stereocenters. The Kier molecular flexibility index (Phi) is 4.31. The quantitative estimate of drug-likeness (QED) is 0.634. The van der Waals surface area contributed by atoms with E-state index in [1.54, 1.807) is 0 Å². The van der Waals surface area contributed by atoms with Crippen molar-refractivity contribution in [2.75, 3.05) is 5.75 Å². The van der Waals surface area contributed by atoms with Crippen molar-refractivity contribution >= 4 is 25.3 Å². The lowest BCUT2D eigenvalue weighted by atomic mass is 9.74. The Morgan fingerprint density at radius 3 is 2.50 bits per heavy atom. The SMILES string of the molecule is CC1CCC(CCS)C(C)C1S. The van der Waals surface area contributed by atoms with Gasteiger partial charge in [0.15, 0.2) is 0 Å². The third kappa shape index (κ3) is 2.35. The van der Waals surface area contributed by atoms with Gasteiger partial charge in [-0.25, -0.2) is 0 Å². The van der Waals surface area contributed by atoms with E-state index in [9.17, 15) is 0 Å². The molecule has 0 saturated heterocycles. The zero-order chi connectivity index (χ0) is 9.14. The molecule has 0 bridgehead atoms. The van der Waals surface area contributed by atoms with E-state index < -0.39 is 0 Å². The molecular weight excluding hydrogens is 184 g/mol. The van der Waals surface area contributed by atoms with Crippen molar-refractivity contribution in [2.45, 2.75) is 38.4 Å². The standard InChI is InChI=1S/C10H20S2/c1-7-3-4-9(5-6-11)8(2)10(7)12/h7-12H,3-6H2,1-2H3. The Bertz CT molecular complexity index is 136. The fourth-order valence-electron chi connectivity index (χ4n) is 2.28. The third-order valence-electron chi connectivity index (χ3n) is 3.36. The maximum absolute atomic E-state index is 4.68. The molecule has 0 aromatic rings. The van der Waals surface area contributed by atoms with Crippen LogP contribution in [0.2, 0.25) is 0 Å². The fourth-order valence-corrected chi connectivity index (χ4v) is 3.00. The lowest BCUT2D eigenvalue weighted by Gasteiger charge is -2.37. The Balaban J connectivity index is 2.46. The predicted octanol–water partition coefficient (Wildman–Crippen LogP) is 3.29. The second kappa shape index (κ2) is 4.80. The monoisotopic (exact) mass is 204 g/mol. The van der Waals surface area contributed by atoms with Crippen LogP contribution in [0.5, 0.6) is 0 Å². The minimum Gasteiger partial charge on any atom is -0.179 e. The summed E-state index contributed by atoms with van der Waals surface area (Å²) >= 11 is 8.98. The molecule has 1 rings (SSSR count). The topological polar surface area (TPSA) is 0 Å². The van der Waals surface area contributed by atoms with E-state index in [-0.39, 0.29) is 0 Å². The Labute approximate surface area is 87.3 Å². The molecule has 1 saturated carbocycles. The van der Waals surface area contributed by atoms with Gasteiger partial charge in [0.05, 0.1) is 0 Å². The molecule has 12 heavy (non-hydrogen) atoms. The molecule has 0 heterocycles. The van der Waals surface area contributed by atoms with Crippen molar-refractivity contribution in [3.8, 4) is 0 Å². The molecule has 0 aromatic carbocycles. The van der Waals surface area contributed by atoms with E-state index in [1.807, 2.05) is 0 Å². The molecule has 1 fully saturated rings. The third-order valence-corrected chi connectivity index (χ3v) is 4.60. The van der Waals surface area contributed by atoms with Crippen molar-refractivity contribution < 1.29 is 0 Å². The summed E-state index contributed by atoms with van der Waals surface area (Å²) in [5.74, 6) is 3.49. The minimum atomic E-state index is 0.614. The highest BCUT2D eigenvalue weighted by atomic mass is 32.1. The zero-order valence-electron chi connectivity index (χ0n) is 8.03. The van der Waals surface area contributed by atoms with Crippen LogP contribution in [0.3, 0.4) is 0 Å². The van der Waals surface area contributed by atoms with Crippen LogP contribution in [0, 0.1) is 17.8 Å². The summed E-state index contributed by atoms with van der Waals surface area (Å²) in [5, 5.41) is 0.614. The van der Waals surface area contributed by atoms with Gasteiger partial charge in [-0.2, -0.15) is 25.3 Å². The minimum absolute atomic E-state index is 0.614. The van der Waals surface area contributed by atoms with Gasteiger partial charge in [0.1, 0.15) is 0 Å². The number of hydrogen-bond donors (Lipinski definition) is 2. The first kappa shape index (κ1) is 10.8. The Hall–Kier alpha value is 0.700. The second-order valence-electron chi connectivity index (χ2n) is 4.18. The smallest absolute Gasteiger partial charge is 0.00707 e. The van der Waals surface area contributed by atoms with E-state index in [2.05, 4.69) is 39.1 Å². The van der Waals surface area contributed by atoms with Gasteiger partial charge in [-0.05, 0) is 42.8 Å². The van der Waals surface area contributed by atoms with Gasteiger partial charge in [0, 0.05) is 5.25 Å². The predicted molar refractivity (Wildman–Crippen MR) is 62.3 cm³/mol. The first-order valence-corrected chi connectivity index (χ1v) is 6.10. The van der Waals surface area contributed by atoms with Crippen LogP contribution < -0.4 is 0 Å². The normalized spacial score (nSPS) is 43.0. The summed E-state index contributed by atoms with van der Waals surface area (Å²) in [6, 6.07) is 0. The second-order valence-corrected chi connectivity index (χ2v) is 5.22. The highest BCUT2D eigenvalue weighted by Crippen LogP contribution is 2.38. The molecule has 0 nitrogen and oxygen atoms in total. The lowest BCUT2D eigenvalue weighted by Crippen LogP contribution is -2.32. The maximum Gasteiger partial charge on any atom is 0.00707 e. The Morgan fingerprint density at radius 2 is 1.92 bits per heavy atom. The fraction of sp³-hybridized carbons (Fsp3) is 1.00. The van der Waals surface area contributed by atoms with Gasteiger partial charge in [-0.1, -0.05) is 13.8 Å². The summed E-state index contributed by atoms with van der Waals surface area (Å²) in [5.41, 5.74) is 0. The van der Waals surface area contributed by atoms with E-state index in [0.29, 0.717) is 5.25 Å². The summed E-state index contributed by atoms with van der Waals surface area (Å²) < 4.78 is 0. The molecule has 2 heteroatoms. The van der Waals surface area contributed by atoms with Crippen molar-refractivity contribution in [2.24, 2.45) is 17.8 Å². The van der Waals surface area contributed by atoms with E-state index in [1.165, 1.54) is 19.3 Å². The molecule has 0 N–H and O–H groups in total. The summed E-state index contributed by atoms with van der Waals surface area (Å²) in [7, 11) is 0. The van der Waals surface area contributed by atoms with Crippen LogP contribution in [0.15, 0.2) is 0 Å². The average Bonchev–Trinajstić information content (AvgIpc) is 2.07. The van der Waals surface area contributed by atoms with Gasteiger partial charge in [-0.15, -0.1) is 0 Å². The average molecular weight is 204 g/mol. The van der Waals surface area contributed by atoms with E-state index >= 15 is 0 Å². The lowest BCUT2D eigenvalue weighted by molar-refractivity contribution is 0.212. The highest BCUT2D eigenvalue weighted by molar-refractivity contribution is 7.81. The van der Waals surface area contributed by atoms with Gasteiger partial charge in [0.2, 0.25) is 0 Å². The van der Waals surface area contributed by atoms with Crippen LogP contribution in [0.25, 0.3) is 0 Å². The van der Waals surface area contributed by atoms with Crippen LogP contribution in [-0.4, -0.2) is 11.0 Å². The molecule has 0 spiro atoms. The van der Waals surface area contributed by atoms with Crippen LogP contribution >= 0.6 is 25.3 Å². The van der Waals surface area contributed by atoms with Crippen LogP contribution in [0.1, 0.15) is 33.1 Å². The summed E-state index contributed by atoms with van der Waals surface area (Å²) in [4.78, 5) is 0. The number of hydrogen-bond acceptors (Lipinski definition) is 2. The van der Waals surface area contributed by atoms with Gasteiger partial charge in [-0.3, -0.25) is 0 Å². The van der Waals surface area contributed by atoms with Crippen LogP contribution in [0.4, 0.5) is 0 Å². The van der Waals surface area contributed by atoms with Crippen LogP contribution in [-0.2, 0) is 0 Å². The molecule has 1 aliphatic rings. The van der Waals surface area contributed by atoms with E-state index in [0.717, 1.165) is 23.5 Å². The molecule has 72 valence electrons. The van der Waals surface area contributed by atoms with Gasteiger partial charge >= 0.3 is 0 Å². The Morgan fingerprint density at radius 1 is 1.25 bits per heavy atom. The highest BCUT2D eigenvalue weighted by Gasteiger charge is 2.31. The molecule has 0 radical (unpaired) electrons.